The van der Waals surface area contributed by atoms with Gasteiger partial charge in [0.2, 0.25) is 5.89 Å². The van der Waals surface area contributed by atoms with Crippen LogP contribution in [0, 0.1) is 0 Å². The number of benzene rings is 3. The first-order chi connectivity index (χ1) is 15.6. The number of halogens is 1. The molecule has 8 heteroatoms. The third-order valence-electron chi connectivity index (χ3n) is 5.07. The van der Waals surface area contributed by atoms with Crippen LogP contribution in [0.4, 0.5) is 5.69 Å². The molecule has 1 amide bonds. The van der Waals surface area contributed by atoms with Crippen molar-refractivity contribution in [3.63, 3.8) is 0 Å². The summed E-state index contributed by atoms with van der Waals surface area (Å²) in [5, 5.41) is 16.6. The Morgan fingerprint density at radius 1 is 1.06 bits per heavy atom. The predicted octanol–water partition coefficient (Wildman–Crippen LogP) is 6.28. The van der Waals surface area contributed by atoms with Gasteiger partial charge in [-0.25, -0.2) is 4.98 Å². The lowest BCUT2D eigenvalue weighted by molar-refractivity contribution is 0.0977. The molecule has 6 nitrogen and oxygen atoms in total. The molecular weight excluding hydrogens is 458 g/mol. The number of rotatable bonds is 3. The van der Waals surface area contributed by atoms with E-state index in [9.17, 15) is 9.90 Å². The van der Waals surface area contributed by atoms with Crippen molar-refractivity contribution in [2.75, 3.05) is 5.32 Å². The number of carbonyl (C=O) groups excluding carboxylic acids is 1. The largest absolute Gasteiger partial charge is 0.507 e. The maximum Gasteiger partial charge on any atom is 0.257 e. The van der Waals surface area contributed by atoms with Crippen LogP contribution in [0.15, 0.2) is 65.1 Å². The summed E-state index contributed by atoms with van der Waals surface area (Å²) in [5.41, 5.74) is 3.70. The SMILES string of the molecule is CC(C)(C)c1ccc(C(=O)NC(=S)Nc2ccc(O)c(-c3nc4cc(Cl)ccc4o3)c2)cc1. The molecule has 0 radical (unpaired) electrons. The Labute approximate surface area is 201 Å². The summed E-state index contributed by atoms with van der Waals surface area (Å²) in [6, 6.07) is 17.3. The van der Waals surface area contributed by atoms with Crippen molar-refractivity contribution in [1.29, 1.82) is 0 Å². The zero-order valence-electron chi connectivity index (χ0n) is 18.3. The molecule has 0 atom stereocenters. The van der Waals surface area contributed by atoms with Gasteiger partial charge in [0, 0.05) is 16.3 Å². The minimum absolute atomic E-state index is 0.00337. The van der Waals surface area contributed by atoms with Gasteiger partial charge in [0.1, 0.15) is 11.3 Å². The Balaban J connectivity index is 1.48. The summed E-state index contributed by atoms with van der Waals surface area (Å²) in [6.45, 7) is 6.34. The Morgan fingerprint density at radius 2 is 1.79 bits per heavy atom. The highest BCUT2D eigenvalue weighted by molar-refractivity contribution is 7.80. The molecule has 4 rings (SSSR count). The fourth-order valence-electron chi connectivity index (χ4n) is 3.26. The zero-order chi connectivity index (χ0) is 23.8. The van der Waals surface area contributed by atoms with Crippen LogP contribution in [0.25, 0.3) is 22.6 Å². The van der Waals surface area contributed by atoms with E-state index in [1.807, 2.05) is 12.1 Å². The van der Waals surface area contributed by atoms with Gasteiger partial charge in [-0.15, -0.1) is 0 Å². The van der Waals surface area contributed by atoms with Crippen LogP contribution in [-0.2, 0) is 5.41 Å². The number of hydrogen-bond acceptors (Lipinski definition) is 5. The lowest BCUT2D eigenvalue weighted by Gasteiger charge is -2.19. The highest BCUT2D eigenvalue weighted by Crippen LogP contribution is 2.34. The molecule has 0 spiro atoms. The van der Waals surface area contributed by atoms with Gasteiger partial charge in [-0.1, -0.05) is 44.5 Å². The second-order valence-electron chi connectivity index (χ2n) is 8.60. The van der Waals surface area contributed by atoms with Gasteiger partial charge < -0.3 is 14.8 Å². The normalized spacial score (nSPS) is 11.4. The van der Waals surface area contributed by atoms with Gasteiger partial charge in [-0.05, 0) is 71.7 Å². The molecule has 0 fully saturated rings. The van der Waals surface area contributed by atoms with Crippen LogP contribution in [0.3, 0.4) is 0 Å². The maximum absolute atomic E-state index is 12.6. The number of amides is 1. The molecule has 3 aromatic carbocycles. The van der Waals surface area contributed by atoms with Gasteiger partial charge in [-0.3, -0.25) is 10.1 Å². The summed E-state index contributed by atoms with van der Waals surface area (Å²) in [7, 11) is 0. The molecule has 4 aromatic rings. The van der Waals surface area contributed by atoms with Gasteiger partial charge in [0.25, 0.3) is 5.91 Å². The van der Waals surface area contributed by atoms with E-state index in [1.165, 1.54) is 6.07 Å². The smallest absolute Gasteiger partial charge is 0.257 e. The topological polar surface area (TPSA) is 87.4 Å². The Kier molecular flexibility index (Phi) is 6.10. The van der Waals surface area contributed by atoms with Crippen LogP contribution < -0.4 is 10.6 Å². The van der Waals surface area contributed by atoms with Crippen molar-refractivity contribution in [1.82, 2.24) is 10.3 Å². The molecule has 0 bridgehead atoms. The van der Waals surface area contributed by atoms with Crippen molar-refractivity contribution in [2.45, 2.75) is 26.2 Å². The lowest BCUT2D eigenvalue weighted by atomic mass is 9.87. The molecule has 0 saturated carbocycles. The highest BCUT2D eigenvalue weighted by Gasteiger charge is 2.16. The van der Waals surface area contributed by atoms with E-state index < -0.39 is 0 Å². The third-order valence-corrected chi connectivity index (χ3v) is 5.51. The highest BCUT2D eigenvalue weighted by atomic mass is 35.5. The molecule has 0 aliphatic carbocycles. The zero-order valence-corrected chi connectivity index (χ0v) is 19.8. The number of thiocarbonyl (C=S) groups is 1. The number of phenolic OH excluding ortho intramolecular Hbond substituents is 1. The predicted molar refractivity (Wildman–Crippen MR) is 135 cm³/mol. The number of phenols is 1. The number of fused-ring (bicyclic) bond motifs is 1. The third kappa shape index (κ3) is 5.16. The molecule has 1 heterocycles. The number of aromatic hydroxyl groups is 1. The second-order valence-corrected chi connectivity index (χ2v) is 9.44. The average Bonchev–Trinajstić information content (AvgIpc) is 3.17. The first-order valence-corrected chi connectivity index (χ1v) is 11.0. The maximum atomic E-state index is 12.6. The summed E-state index contributed by atoms with van der Waals surface area (Å²) in [4.78, 5) is 17.0. The van der Waals surface area contributed by atoms with E-state index in [1.54, 1.807) is 42.5 Å². The first kappa shape index (κ1) is 22.8. The number of nitrogens with one attached hydrogen (secondary N) is 2. The number of aromatic nitrogens is 1. The molecule has 0 saturated heterocycles. The van der Waals surface area contributed by atoms with E-state index in [4.69, 9.17) is 28.2 Å². The second kappa shape index (κ2) is 8.84. The van der Waals surface area contributed by atoms with Crippen molar-refractivity contribution < 1.29 is 14.3 Å². The number of hydrogen-bond donors (Lipinski definition) is 3. The van der Waals surface area contributed by atoms with E-state index in [0.29, 0.717) is 32.9 Å². The molecule has 1 aromatic heterocycles. The van der Waals surface area contributed by atoms with Gasteiger partial charge in [0.05, 0.1) is 5.56 Å². The van der Waals surface area contributed by atoms with E-state index in [2.05, 4.69) is 36.4 Å². The van der Waals surface area contributed by atoms with Crippen molar-refractivity contribution >= 4 is 51.6 Å². The minimum atomic E-state index is -0.317. The van der Waals surface area contributed by atoms with E-state index in [0.717, 1.165) is 5.56 Å². The molecule has 3 N–H and O–H groups in total. The van der Waals surface area contributed by atoms with E-state index >= 15 is 0 Å². The minimum Gasteiger partial charge on any atom is -0.507 e. The fourth-order valence-corrected chi connectivity index (χ4v) is 3.64. The molecular formula is C25H22ClN3O3S. The lowest BCUT2D eigenvalue weighted by Crippen LogP contribution is -2.34. The Bertz CT molecular complexity index is 1360. The number of oxazole rings is 1. The van der Waals surface area contributed by atoms with Crippen molar-refractivity contribution in [3.05, 3.63) is 76.8 Å². The van der Waals surface area contributed by atoms with Crippen molar-refractivity contribution in [2.24, 2.45) is 0 Å². The molecule has 0 aliphatic rings. The van der Waals surface area contributed by atoms with Crippen LogP contribution >= 0.6 is 23.8 Å². The first-order valence-electron chi connectivity index (χ1n) is 10.2. The quantitative estimate of drug-likeness (QED) is 0.237. The molecule has 0 aliphatic heterocycles. The number of carbonyl (C=O) groups is 1. The summed E-state index contributed by atoms with van der Waals surface area (Å²) >= 11 is 11.3. The van der Waals surface area contributed by atoms with Gasteiger partial charge >= 0.3 is 0 Å². The fraction of sp³-hybridized carbons (Fsp3) is 0.160. The average molecular weight is 480 g/mol. The molecule has 0 unspecified atom stereocenters. The van der Waals surface area contributed by atoms with Crippen LogP contribution in [-0.4, -0.2) is 21.1 Å². The molecule has 168 valence electrons. The number of anilines is 1. The van der Waals surface area contributed by atoms with E-state index in [-0.39, 0.29) is 28.1 Å². The van der Waals surface area contributed by atoms with Crippen molar-refractivity contribution in [3.8, 4) is 17.2 Å². The monoisotopic (exact) mass is 479 g/mol. The standard InChI is InChI=1S/C25H22ClN3O3S/c1-25(2,3)15-6-4-14(5-7-15)22(31)29-24(33)27-17-9-10-20(30)18(13-17)23-28-19-12-16(26)8-11-21(19)32-23/h4-13,30H,1-3H3,(H2,27,29,31,33). The summed E-state index contributed by atoms with van der Waals surface area (Å²) in [6.07, 6.45) is 0. The van der Waals surface area contributed by atoms with Gasteiger partial charge in [-0.2, -0.15) is 0 Å². The summed E-state index contributed by atoms with van der Waals surface area (Å²) < 4.78 is 5.75. The molecule has 33 heavy (non-hydrogen) atoms. The Morgan fingerprint density at radius 3 is 2.48 bits per heavy atom. The van der Waals surface area contributed by atoms with Gasteiger partial charge in [0.15, 0.2) is 10.7 Å². The number of nitrogens with zero attached hydrogens (tertiary/aromatic N) is 1. The summed E-state index contributed by atoms with van der Waals surface area (Å²) in [5.74, 6) is -0.0859. The van der Waals surface area contributed by atoms with Crippen LogP contribution in [0.5, 0.6) is 5.75 Å². The Hall–Kier alpha value is -3.42. The van der Waals surface area contributed by atoms with Crippen LogP contribution in [0.1, 0.15) is 36.7 Å². The van der Waals surface area contributed by atoms with Crippen LogP contribution in [0.2, 0.25) is 5.02 Å².